The van der Waals surface area contributed by atoms with Crippen LogP contribution in [0.5, 0.6) is 5.88 Å². The molecule has 2 fully saturated rings. The number of likely N-dealkylation sites (tertiary alicyclic amines) is 1. The molecule has 2 aromatic heterocycles. The van der Waals surface area contributed by atoms with E-state index < -0.39 is 5.67 Å². The molecule has 194 valence electrons. The highest BCUT2D eigenvalue weighted by Gasteiger charge is 2.32. The molecule has 1 aromatic carbocycles. The lowest BCUT2D eigenvalue weighted by molar-refractivity contribution is 0.110. The van der Waals surface area contributed by atoms with Gasteiger partial charge in [-0.15, -0.1) is 0 Å². The highest BCUT2D eigenvalue weighted by Crippen LogP contribution is 2.37. The van der Waals surface area contributed by atoms with Crippen molar-refractivity contribution in [2.75, 3.05) is 32.0 Å². The summed E-state index contributed by atoms with van der Waals surface area (Å²) in [6.45, 7) is 2.28. The van der Waals surface area contributed by atoms with Crippen molar-refractivity contribution in [1.82, 2.24) is 24.8 Å². The Balaban J connectivity index is 1.20. The number of halogens is 1. The van der Waals surface area contributed by atoms with Crippen LogP contribution in [-0.2, 0) is 0 Å². The van der Waals surface area contributed by atoms with E-state index in [1.54, 1.807) is 12.4 Å². The van der Waals surface area contributed by atoms with Crippen LogP contribution in [-0.4, -0.2) is 63.3 Å². The van der Waals surface area contributed by atoms with Crippen LogP contribution in [0.25, 0.3) is 16.6 Å². The first kappa shape index (κ1) is 24.2. The van der Waals surface area contributed by atoms with Crippen LogP contribution in [0.1, 0.15) is 67.8 Å². The molecule has 0 bridgehead atoms. The van der Waals surface area contributed by atoms with Gasteiger partial charge >= 0.3 is 0 Å². The maximum Gasteiger partial charge on any atom is 0.233 e. The van der Waals surface area contributed by atoms with Crippen LogP contribution in [0, 0.1) is 0 Å². The van der Waals surface area contributed by atoms with Crippen molar-refractivity contribution in [3.63, 3.8) is 0 Å². The maximum absolute atomic E-state index is 15.0. The highest BCUT2D eigenvalue weighted by atomic mass is 19.1. The molecule has 0 radical (unpaired) electrons. The van der Waals surface area contributed by atoms with Gasteiger partial charge in [0.1, 0.15) is 11.8 Å². The number of anilines is 1. The fourth-order valence-electron chi connectivity index (χ4n) is 5.63. The largest absolute Gasteiger partial charge is 0.473 e. The minimum absolute atomic E-state index is 0.166. The summed E-state index contributed by atoms with van der Waals surface area (Å²) in [5, 5.41) is 3.12. The Hall–Kier alpha value is -3.17. The second-order valence-corrected chi connectivity index (χ2v) is 10.7. The van der Waals surface area contributed by atoms with Gasteiger partial charge in [-0.1, -0.05) is 31.4 Å². The summed E-state index contributed by atoms with van der Waals surface area (Å²) in [7, 11) is 2.13. The van der Waals surface area contributed by atoms with Gasteiger partial charge < -0.3 is 20.7 Å². The number of nitrogens with two attached hydrogens (primary N) is 1. The summed E-state index contributed by atoms with van der Waals surface area (Å²) in [6, 6.07) is 5.64. The monoisotopic (exact) mass is 503 g/mol. The minimum Gasteiger partial charge on any atom is -0.473 e. The normalized spacial score (nSPS) is 22.0. The first-order chi connectivity index (χ1) is 18.0. The van der Waals surface area contributed by atoms with E-state index in [2.05, 4.69) is 32.2 Å². The van der Waals surface area contributed by atoms with Gasteiger partial charge in [-0.2, -0.15) is 0 Å². The molecular weight excluding hydrogens is 469 g/mol. The van der Waals surface area contributed by atoms with Gasteiger partial charge in [0.05, 0.1) is 35.5 Å². The minimum atomic E-state index is -1.19. The van der Waals surface area contributed by atoms with Crippen molar-refractivity contribution in [3.8, 4) is 5.88 Å². The van der Waals surface area contributed by atoms with Crippen molar-refractivity contribution in [2.24, 2.45) is 5.73 Å². The number of hydrogen-bond donors (Lipinski definition) is 2. The van der Waals surface area contributed by atoms with Gasteiger partial charge in [0.15, 0.2) is 0 Å². The third-order valence-corrected chi connectivity index (χ3v) is 7.87. The van der Waals surface area contributed by atoms with E-state index in [1.807, 2.05) is 24.3 Å². The smallest absolute Gasteiger partial charge is 0.233 e. The number of fused-ring (bicyclic) bond motifs is 2. The average Bonchev–Trinajstić information content (AvgIpc) is 3.24. The quantitative estimate of drug-likeness (QED) is 0.510. The molecular formula is C28H34FN7O. The third kappa shape index (κ3) is 5.15. The SMILES string of the molecule is CN1CCC(Oc2cnc3ccc(C4=C[C@H](N)c5nc(NCC6(F)CCCCC6)ncc54)cc3n2)CC1. The molecule has 2 aliphatic carbocycles. The summed E-state index contributed by atoms with van der Waals surface area (Å²) in [6.07, 6.45) is 11.8. The second kappa shape index (κ2) is 9.95. The van der Waals surface area contributed by atoms with E-state index in [0.29, 0.717) is 24.7 Å². The summed E-state index contributed by atoms with van der Waals surface area (Å²) < 4.78 is 21.2. The zero-order valence-electron chi connectivity index (χ0n) is 21.3. The summed E-state index contributed by atoms with van der Waals surface area (Å²) in [5.74, 6) is 0.978. The second-order valence-electron chi connectivity index (χ2n) is 10.7. The molecule has 3 aromatic rings. The number of aromatic nitrogens is 4. The molecule has 1 saturated carbocycles. The number of hydrogen-bond acceptors (Lipinski definition) is 8. The third-order valence-electron chi connectivity index (χ3n) is 7.87. The molecule has 1 aliphatic heterocycles. The van der Waals surface area contributed by atoms with Gasteiger partial charge in [-0.05, 0) is 56.0 Å². The van der Waals surface area contributed by atoms with Crippen LogP contribution in [0.2, 0.25) is 0 Å². The van der Waals surface area contributed by atoms with Crippen molar-refractivity contribution < 1.29 is 9.13 Å². The number of alkyl halides is 1. The molecule has 3 N–H and O–H groups in total. The van der Waals surface area contributed by atoms with E-state index in [1.165, 1.54) is 0 Å². The van der Waals surface area contributed by atoms with E-state index >= 15 is 4.39 Å². The molecule has 0 spiro atoms. The Morgan fingerprint density at radius 2 is 1.89 bits per heavy atom. The van der Waals surface area contributed by atoms with E-state index in [4.69, 9.17) is 15.5 Å². The van der Waals surface area contributed by atoms with E-state index in [0.717, 1.165) is 78.6 Å². The Morgan fingerprint density at radius 1 is 1.08 bits per heavy atom. The zero-order chi connectivity index (χ0) is 25.4. The highest BCUT2D eigenvalue weighted by molar-refractivity contribution is 5.89. The van der Waals surface area contributed by atoms with E-state index in [-0.39, 0.29) is 18.7 Å². The molecule has 0 unspecified atom stereocenters. The molecule has 37 heavy (non-hydrogen) atoms. The zero-order valence-corrected chi connectivity index (χ0v) is 21.3. The standard InChI is InChI=1S/C28H34FN7O/c1-36-11-7-19(8-12-36)37-25-16-31-23-6-5-18(13-24(23)34-25)20-14-22(30)26-21(20)15-32-27(35-26)33-17-28(29)9-3-2-4-10-28/h5-6,13-16,19,22H,2-4,7-12,17,30H2,1H3,(H,32,33,35)/t22-/m0/s1. The number of ether oxygens (including phenoxy) is 1. The molecule has 0 amide bonds. The fourth-order valence-corrected chi connectivity index (χ4v) is 5.63. The molecule has 6 rings (SSSR count). The van der Waals surface area contributed by atoms with Crippen LogP contribution in [0.3, 0.4) is 0 Å². The molecule has 3 heterocycles. The van der Waals surface area contributed by atoms with Gasteiger partial charge in [0.2, 0.25) is 11.8 Å². The topological polar surface area (TPSA) is 102 Å². The van der Waals surface area contributed by atoms with Crippen LogP contribution < -0.4 is 15.8 Å². The van der Waals surface area contributed by atoms with Gasteiger partial charge in [-0.3, -0.25) is 0 Å². The van der Waals surface area contributed by atoms with Crippen molar-refractivity contribution >= 4 is 22.6 Å². The molecule has 1 atom stereocenters. The number of rotatable bonds is 6. The number of benzene rings is 1. The van der Waals surface area contributed by atoms with Crippen molar-refractivity contribution in [1.29, 1.82) is 0 Å². The Kier molecular flexibility index (Phi) is 6.50. The van der Waals surface area contributed by atoms with Gasteiger partial charge in [0, 0.05) is 24.8 Å². The number of piperidine rings is 1. The predicted octanol–water partition coefficient (Wildman–Crippen LogP) is 4.42. The average molecular weight is 504 g/mol. The van der Waals surface area contributed by atoms with Crippen LogP contribution in [0.15, 0.2) is 36.7 Å². The Bertz CT molecular complexity index is 1320. The maximum atomic E-state index is 15.0. The first-order valence-electron chi connectivity index (χ1n) is 13.4. The summed E-state index contributed by atoms with van der Waals surface area (Å²) >= 11 is 0. The predicted molar refractivity (Wildman–Crippen MR) is 142 cm³/mol. The molecule has 8 nitrogen and oxygen atoms in total. The molecule has 9 heteroatoms. The Morgan fingerprint density at radius 3 is 2.70 bits per heavy atom. The Labute approximate surface area is 216 Å². The summed E-state index contributed by atoms with van der Waals surface area (Å²) in [5.41, 5.74) is 10.4. The van der Waals surface area contributed by atoms with Crippen molar-refractivity contribution in [3.05, 3.63) is 53.5 Å². The van der Waals surface area contributed by atoms with E-state index in [9.17, 15) is 0 Å². The lowest BCUT2D eigenvalue weighted by Gasteiger charge is -2.29. The van der Waals surface area contributed by atoms with Gasteiger partial charge in [0.25, 0.3) is 0 Å². The summed E-state index contributed by atoms with van der Waals surface area (Å²) in [4.78, 5) is 20.8. The number of nitrogens with zero attached hydrogens (tertiary/aromatic N) is 5. The van der Waals surface area contributed by atoms with Crippen LogP contribution >= 0.6 is 0 Å². The van der Waals surface area contributed by atoms with Gasteiger partial charge in [-0.25, -0.2) is 24.3 Å². The lowest BCUT2D eigenvalue weighted by atomic mass is 9.86. The van der Waals surface area contributed by atoms with Crippen LogP contribution in [0.4, 0.5) is 10.3 Å². The lowest BCUT2D eigenvalue weighted by Crippen LogP contribution is -2.35. The molecule has 3 aliphatic rings. The first-order valence-corrected chi connectivity index (χ1v) is 13.4. The fraction of sp³-hybridized carbons (Fsp3) is 0.500. The van der Waals surface area contributed by atoms with Crippen molar-refractivity contribution in [2.45, 2.75) is 62.8 Å². The molecule has 1 saturated heterocycles. The number of nitrogens with one attached hydrogen (secondary N) is 1.